The smallest absolute Gasteiger partial charge is 0.425 e. The predicted molar refractivity (Wildman–Crippen MR) is 97.9 cm³/mol. The van der Waals surface area contributed by atoms with E-state index in [1.165, 1.54) is 19.4 Å². The van der Waals surface area contributed by atoms with Crippen LogP contribution >= 0.6 is 11.6 Å². The number of hydrogen-bond donors (Lipinski definition) is 2. The largest absolute Gasteiger partial charge is 0.492 e. The molecule has 0 saturated heterocycles. The van der Waals surface area contributed by atoms with Gasteiger partial charge in [0, 0.05) is 24.8 Å². The lowest BCUT2D eigenvalue weighted by molar-refractivity contribution is -0.138. The normalized spacial score (nSPS) is 14.2. The van der Waals surface area contributed by atoms with Gasteiger partial charge in [0.25, 0.3) is 5.91 Å². The first-order chi connectivity index (χ1) is 13.6. The number of rotatable bonds is 4. The van der Waals surface area contributed by atoms with Gasteiger partial charge in [-0.2, -0.15) is 18.3 Å². The lowest BCUT2D eigenvalue weighted by Crippen LogP contribution is -2.25. The van der Waals surface area contributed by atoms with E-state index in [0.29, 0.717) is 11.1 Å². The standard InChI is InChI=1S/C18H15ClF3N5O2/c1-26-17(14(16(29)25-26)18(20,21)22)27-8-10(7-23-27)9-2-5-13(19)12(6-9)15(28)24-11-3-4-11/h2,5-8,11H,3-4H2,1H3,(H,24,28)(H,25,29). The predicted octanol–water partition coefficient (Wildman–Crippen LogP) is 3.54. The molecule has 1 aliphatic rings. The fraction of sp³-hybridized carbons (Fsp3) is 0.278. The lowest BCUT2D eigenvalue weighted by Gasteiger charge is -2.09. The number of aromatic hydroxyl groups is 1. The van der Waals surface area contributed by atoms with Crippen molar-refractivity contribution in [2.75, 3.05) is 0 Å². The summed E-state index contributed by atoms with van der Waals surface area (Å²) in [4.78, 5) is 12.3. The third kappa shape index (κ3) is 3.67. The van der Waals surface area contributed by atoms with Gasteiger partial charge in [-0.1, -0.05) is 17.7 Å². The molecule has 1 fully saturated rings. The molecule has 29 heavy (non-hydrogen) atoms. The molecule has 0 aliphatic heterocycles. The van der Waals surface area contributed by atoms with Crippen LogP contribution in [0.5, 0.6) is 5.88 Å². The Morgan fingerprint density at radius 3 is 2.69 bits per heavy atom. The van der Waals surface area contributed by atoms with Crippen LogP contribution in [0.3, 0.4) is 0 Å². The number of halogens is 4. The van der Waals surface area contributed by atoms with Gasteiger partial charge in [-0.25, -0.2) is 9.36 Å². The van der Waals surface area contributed by atoms with Crippen LogP contribution in [0.15, 0.2) is 30.6 Å². The zero-order valence-electron chi connectivity index (χ0n) is 15.0. The molecule has 2 aromatic heterocycles. The molecule has 11 heteroatoms. The highest BCUT2D eigenvalue weighted by molar-refractivity contribution is 6.34. The zero-order chi connectivity index (χ0) is 20.9. The first kappa shape index (κ1) is 19.3. The van der Waals surface area contributed by atoms with Crippen LogP contribution in [-0.2, 0) is 13.2 Å². The summed E-state index contributed by atoms with van der Waals surface area (Å²) < 4.78 is 41.8. The van der Waals surface area contributed by atoms with E-state index in [1.807, 2.05) is 0 Å². The number of aryl methyl sites for hydroxylation is 1. The molecule has 0 unspecified atom stereocenters. The molecule has 0 spiro atoms. The Hall–Kier alpha value is -3.01. The highest BCUT2D eigenvalue weighted by atomic mass is 35.5. The van der Waals surface area contributed by atoms with Gasteiger partial charge >= 0.3 is 6.18 Å². The summed E-state index contributed by atoms with van der Waals surface area (Å²) in [5.74, 6) is -1.86. The Balaban J connectivity index is 1.71. The van der Waals surface area contributed by atoms with Gasteiger partial charge in [-0.3, -0.25) is 4.79 Å². The maximum atomic E-state index is 13.3. The third-order valence-corrected chi connectivity index (χ3v) is 4.87. The van der Waals surface area contributed by atoms with Gasteiger partial charge in [0.2, 0.25) is 5.88 Å². The van der Waals surface area contributed by atoms with E-state index in [1.54, 1.807) is 18.2 Å². The van der Waals surface area contributed by atoms with E-state index in [-0.39, 0.29) is 22.5 Å². The highest BCUT2D eigenvalue weighted by Crippen LogP contribution is 2.39. The van der Waals surface area contributed by atoms with Gasteiger partial charge in [-0.05, 0) is 30.5 Å². The molecule has 0 bridgehead atoms. The van der Waals surface area contributed by atoms with Crippen LogP contribution < -0.4 is 5.32 Å². The molecule has 4 rings (SSSR count). The van der Waals surface area contributed by atoms with Gasteiger partial charge in [-0.15, -0.1) is 5.10 Å². The minimum atomic E-state index is -4.81. The van der Waals surface area contributed by atoms with Gasteiger partial charge in [0.05, 0.1) is 16.8 Å². The highest BCUT2D eigenvalue weighted by Gasteiger charge is 2.41. The summed E-state index contributed by atoms with van der Waals surface area (Å²) in [5.41, 5.74) is 0.0192. The molecule has 7 nitrogen and oxygen atoms in total. The molecular formula is C18H15ClF3N5O2. The van der Waals surface area contributed by atoms with Crippen molar-refractivity contribution in [3.05, 3.63) is 46.7 Å². The lowest BCUT2D eigenvalue weighted by atomic mass is 10.1. The zero-order valence-corrected chi connectivity index (χ0v) is 15.8. The number of nitrogens with zero attached hydrogens (tertiary/aromatic N) is 4. The van der Waals surface area contributed by atoms with Crippen molar-refractivity contribution in [2.24, 2.45) is 7.05 Å². The molecule has 0 radical (unpaired) electrons. The molecule has 0 atom stereocenters. The van der Waals surface area contributed by atoms with Crippen molar-refractivity contribution in [3.8, 4) is 22.8 Å². The van der Waals surface area contributed by atoms with Crippen LogP contribution in [0.25, 0.3) is 16.9 Å². The van der Waals surface area contributed by atoms with E-state index in [9.17, 15) is 23.1 Å². The van der Waals surface area contributed by atoms with Crippen LogP contribution in [0.2, 0.25) is 5.02 Å². The van der Waals surface area contributed by atoms with Crippen molar-refractivity contribution in [2.45, 2.75) is 25.1 Å². The summed E-state index contributed by atoms with van der Waals surface area (Å²) in [6, 6.07) is 4.91. The first-order valence-corrected chi connectivity index (χ1v) is 9.02. The summed E-state index contributed by atoms with van der Waals surface area (Å²) in [6.07, 6.45) is -0.245. The second kappa shape index (κ2) is 6.80. The van der Waals surface area contributed by atoms with E-state index in [4.69, 9.17) is 11.6 Å². The number of carbonyl (C=O) groups is 1. The maximum absolute atomic E-state index is 13.3. The Morgan fingerprint density at radius 1 is 1.31 bits per heavy atom. The van der Waals surface area contributed by atoms with Gasteiger partial charge in [0.1, 0.15) is 0 Å². The van der Waals surface area contributed by atoms with E-state index < -0.39 is 23.4 Å². The second-order valence-corrected chi connectivity index (χ2v) is 7.17. The van der Waals surface area contributed by atoms with Crippen molar-refractivity contribution in [1.29, 1.82) is 0 Å². The van der Waals surface area contributed by atoms with Crippen molar-refractivity contribution in [1.82, 2.24) is 24.9 Å². The molecule has 3 aromatic rings. The Morgan fingerprint density at radius 2 is 2.03 bits per heavy atom. The Bertz CT molecular complexity index is 1100. The summed E-state index contributed by atoms with van der Waals surface area (Å²) in [7, 11) is 1.27. The fourth-order valence-corrected chi connectivity index (χ4v) is 3.18. The number of benzene rings is 1. The Kier molecular flexibility index (Phi) is 4.53. The van der Waals surface area contributed by atoms with Crippen LogP contribution in [0.1, 0.15) is 28.8 Å². The van der Waals surface area contributed by atoms with Crippen molar-refractivity contribution >= 4 is 17.5 Å². The van der Waals surface area contributed by atoms with Crippen LogP contribution in [-0.4, -0.2) is 36.6 Å². The van der Waals surface area contributed by atoms with E-state index in [0.717, 1.165) is 22.2 Å². The quantitative estimate of drug-likeness (QED) is 0.669. The van der Waals surface area contributed by atoms with Crippen molar-refractivity contribution < 1.29 is 23.1 Å². The number of aromatic nitrogens is 4. The average molecular weight is 426 g/mol. The summed E-state index contributed by atoms with van der Waals surface area (Å²) in [5, 5.41) is 20.1. The minimum Gasteiger partial charge on any atom is -0.492 e. The number of carbonyl (C=O) groups excluding carboxylic acids is 1. The SMILES string of the molecule is Cn1nc(O)c(C(F)(F)F)c1-n1cc(-c2ccc(Cl)c(C(=O)NC3CC3)c2)cn1. The van der Waals surface area contributed by atoms with Crippen LogP contribution in [0.4, 0.5) is 13.2 Å². The molecule has 1 amide bonds. The summed E-state index contributed by atoms with van der Waals surface area (Å²) in [6.45, 7) is 0. The molecule has 1 saturated carbocycles. The topological polar surface area (TPSA) is 85.0 Å². The minimum absolute atomic E-state index is 0.156. The summed E-state index contributed by atoms with van der Waals surface area (Å²) >= 11 is 6.13. The number of amides is 1. The van der Waals surface area contributed by atoms with Gasteiger partial charge < -0.3 is 10.4 Å². The van der Waals surface area contributed by atoms with Gasteiger partial charge in [0.15, 0.2) is 11.4 Å². The fourth-order valence-electron chi connectivity index (χ4n) is 2.97. The van der Waals surface area contributed by atoms with Crippen molar-refractivity contribution in [3.63, 3.8) is 0 Å². The molecule has 1 aliphatic carbocycles. The number of alkyl halides is 3. The van der Waals surface area contributed by atoms with E-state index in [2.05, 4.69) is 15.5 Å². The van der Waals surface area contributed by atoms with Crippen LogP contribution in [0, 0.1) is 0 Å². The van der Waals surface area contributed by atoms with E-state index >= 15 is 0 Å². The Labute approximate surface area is 167 Å². The molecular weight excluding hydrogens is 411 g/mol. The average Bonchev–Trinajstić information content (AvgIpc) is 3.20. The molecule has 2 heterocycles. The maximum Gasteiger partial charge on any atom is 0.425 e. The molecule has 152 valence electrons. The molecule has 2 N–H and O–H groups in total. The second-order valence-electron chi connectivity index (χ2n) is 6.76. The monoisotopic (exact) mass is 425 g/mol. The number of hydrogen-bond acceptors (Lipinski definition) is 4. The molecule has 1 aromatic carbocycles. The third-order valence-electron chi connectivity index (χ3n) is 4.54. The number of nitrogens with one attached hydrogen (secondary N) is 1. The first-order valence-electron chi connectivity index (χ1n) is 8.64.